The molecule has 21 heavy (non-hydrogen) atoms. The zero-order chi connectivity index (χ0) is 15.2. The number of nitriles is 1. The lowest BCUT2D eigenvalue weighted by molar-refractivity contribution is 0.939. The van der Waals surface area contributed by atoms with Crippen molar-refractivity contribution in [3.63, 3.8) is 0 Å². The maximum Gasteiger partial charge on any atom is 0.136 e. The molecule has 2 aromatic rings. The van der Waals surface area contributed by atoms with Crippen LogP contribution >= 0.6 is 11.6 Å². The standard InChI is InChI=1S/C15H16ClN5/c1-3-13-20-14(18-4-2)8-15(21-13)19-12-7-11(16)6-5-10(12)9-17/h5-8H,3-4H2,1-2H3,(H2,18,19,20,21). The fraction of sp³-hybridized carbons (Fsp3) is 0.267. The second-order valence-corrected chi connectivity index (χ2v) is 4.80. The molecule has 0 bridgehead atoms. The van der Waals surface area contributed by atoms with E-state index < -0.39 is 0 Å². The summed E-state index contributed by atoms with van der Waals surface area (Å²) in [6.45, 7) is 4.78. The number of aromatic nitrogens is 2. The van der Waals surface area contributed by atoms with Crippen molar-refractivity contribution in [3.05, 3.63) is 40.7 Å². The molecular formula is C15H16ClN5. The summed E-state index contributed by atoms with van der Waals surface area (Å²) in [6, 6.07) is 9.02. The highest BCUT2D eigenvalue weighted by atomic mass is 35.5. The lowest BCUT2D eigenvalue weighted by Crippen LogP contribution is -2.06. The first-order valence-corrected chi connectivity index (χ1v) is 7.12. The first-order valence-electron chi connectivity index (χ1n) is 6.74. The van der Waals surface area contributed by atoms with Crippen LogP contribution in [-0.4, -0.2) is 16.5 Å². The number of aryl methyl sites for hydroxylation is 1. The Morgan fingerprint density at radius 1 is 1.19 bits per heavy atom. The quantitative estimate of drug-likeness (QED) is 0.880. The monoisotopic (exact) mass is 301 g/mol. The minimum absolute atomic E-state index is 0.515. The van der Waals surface area contributed by atoms with E-state index >= 15 is 0 Å². The molecule has 108 valence electrons. The van der Waals surface area contributed by atoms with E-state index in [1.54, 1.807) is 18.2 Å². The average Bonchev–Trinajstić information content (AvgIpc) is 2.47. The highest BCUT2D eigenvalue weighted by Crippen LogP contribution is 2.24. The highest BCUT2D eigenvalue weighted by molar-refractivity contribution is 6.30. The zero-order valence-electron chi connectivity index (χ0n) is 11.9. The summed E-state index contributed by atoms with van der Waals surface area (Å²) in [4.78, 5) is 8.81. The third-order valence-corrected chi connectivity index (χ3v) is 3.05. The Balaban J connectivity index is 2.37. The molecular weight excluding hydrogens is 286 g/mol. The molecule has 6 heteroatoms. The van der Waals surface area contributed by atoms with Gasteiger partial charge in [0.2, 0.25) is 0 Å². The van der Waals surface area contributed by atoms with Gasteiger partial charge in [-0.25, -0.2) is 9.97 Å². The molecule has 0 spiro atoms. The van der Waals surface area contributed by atoms with Gasteiger partial charge in [0.05, 0.1) is 11.3 Å². The van der Waals surface area contributed by atoms with Crippen molar-refractivity contribution in [2.75, 3.05) is 17.2 Å². The molecule has 2 rings (SSSR count). The van der Waals surface area contributed by atoms with Gasteiger partial charge in [-0.3, -0.25) is 0 Å². The van der Waals surface area contributed by atoms with Crippen LogP contribution < -0.4 is 10.6 Å². The molecule has 0 amide bonds. The van der Waals surface area contributed by atoms with Gasteiger partial charge >= 0.3 is 0 Å². The van der Waals surface area contributed by atoms with E-state index in [4.69, 9.17) is 16.9 Å². The van der Waals surface area contributed by atoms with E-state index in [1.165, 1.54) is 0 Å². The summed E-state index contributed by atoms with van der Waals surface area (Å²) in [5.41, 5.74) is 1.15. The van der Waals surface area contributed by atoms with Crippen molar-refractivity contribution >= 4 is 28.9 Å². The van der Waals surface area contributed by atoms with E-state index in [0.29, 0.717) is 22.1 Å². The van der Waals surface area contributed by atoms with Gasteiger partial charge in [0.1, 0.15) is 23.5 Å². The molecule has 0 saturated carbocycles. The Kier molecular flexibility index (Phi) is 4.96. The third kappa shape index (κ3) is 3.83. The highest BCUT2D eigenvalue weighted by Gasteiger charge is 2.07. The minimum atomic E-state index is 0.515. The molecule has 5 nitrogen and oxygen atoms in total. The van der Waals surface area contributed by atoms with Crippen LogP contribution in [0.3, 0.4) is 0 Å². The van der Waals surface area contributed by atoms with Gasteiger partial charge in [0.25, 0.3) is 0 Å². The van der Waals surface area contributed by atoms with E-state index in [-0.39, 0.29) is 0 Å². The van der Waals surface area contributed by atoms with Crippen molar-refractivity contribution in [2.45, 2.75) is 20.3 Å². The summed E-state index contributed by atoms with van der Waals surface area (Å²) in [6.07, 6.45) is 0.731. The van der Waals surface area contributed by atoms with Crippen LogP contribution in [0.15, 0.2) is 24.3 Å². The Bertz CT molecular complexity index is 678. The van der Waals surface area contributed by atoms with Gasteiger partial charge in [-0.15, -0.1) is 0 Å². The average molecular weight is 302 g/mol. The van der Waals surface area contributed by atoms with Crippen LogP contribution in [0.4, 0.5) is 17.3 Å². The second kappa shape index (κ2) is 6.91. The minimum Gasteiger partial charge on any atom is -0.370 e. The first kappa shape index (κ1) is 15.1. The molecule has 1 aromatic heterocycles. The van der Waals surface area contributed by atoms with Gasteiger partial charge in [-0.05, 0) is 25.1 Å². The van der Waals surface area contributed by atoms with Gasteiger partial charge < -0.3 is 10.6 Å². The van der Waals surface area contributed by atoms with Gasteiger partial charge in [0, 0.05) is 24.1 Å². The molecule has 2 N–H and O–H groups in total. The normalized spacial score (nSPS) is 10.0. The summed E-state index contributed by atoms with van der Waals surface area (Å²) in [5, 5.41) is 16.0. The van der Waals surface area contributed by atoms with Crippen LogP contribution in [-0.2, 0) is 6.42 Å². The summed E-state index contributed by atoms with van der Waals surface area (Å²) in [5.74, 6) is 2.13. The number of hydrogen-bond acceptors (Lipinski definition) is 5. The summed E-state index contributed by atoms with van der Waals surface area (Å²) in [7, 11) is 0. The maximum atomic E-state index is 9.15. The first-order chi connectivity index (χ1) is 10.2. The van der Waals surface area contributed by atoms with E-state index in [2.05, 4.69) is 26.7 Å². The van der Waals surface area contributed by atoms with Crippen molar-refractivity contribution in [1.29, 1.82) is 5.26 Å². The molecule has 1 aromatic carbocycles. The van der Waals surface area contributed by atoms with Crippen LogP contribution in [0, 0.1) is 11.3 Å². The predicted molar refractivity (Wildman–Crippen MR) is 85.0 cm³/mol. The van der Waals surface area contributed by atoms with Gasteiger partial charge in [-0.1, -0.05) is 18.5 Å². The number of rotatable bonds is 5. The van der Waals surface area contributed by atoms with E-state index in [1.807, 2.05) is 19.9 Å². The number of nitrogens with one attached hydrogen (secondary N) is 2. The number of halogens is 1. The fourth-order valence-corrected chi connectivity index (χ4v) is 2.02. The van der Waals surface area contributed by atoms with Crippen LogP contribution in [0.25, 0.3) is 0 Å². The van der Waals surface area contributed by atoms with Crippen LogP contribution in [0.5, 0.6) is 0 Å². The van der Waals surface area contributed by atoms with Crippen molar-refractivity contribution in [2.24, 2.45) is 0 Å². The van der Waals surface area contributed by atoms with E-state index in [9.17, 15) is 0 Å². The van der Waals surface area contributed by atoms with Crippen LogP contribution in [0.2, 0.25) is 5.02 Å². The van der Waals surface area contributed by atoms with Gasteiger partial charge in [-0.2, -0.15) is 5.26 Å². The lowest BCUT2D eigenvalue weighted by Gasteiger charge is -2.11. The maximum absolute atomic E-state index is 9.15. The predicted octanol–water partition coefficient (Wildman–Crippen LogP) is 3.74. The van der Waals surface area contributed by atoms with Crippen molar-refractivity contribution < 1.29 is 0 Å². The molecule has 0 fully saturated rings. The van der Waals surface area contributed by atoms with Crippen molar-refractivity contribution in [1.82, 2.24) is 9.97 Å². The molecule has 0 atom stereocenters. The van der Waals surface area contributed by atoms with Crippen LogP contribution in [0.1, 0.15) is 25.2 Å². The topological polar surface area (TPSA) is 73.6 Å². The fourth-order valence-electron chi connectivity index (χ4n) is 1.85. The SMILES string of the molecule is CCNc1cc(Nc2cc(Cl)ccc2C#N)nc(CC)n1. The molecule has 0 saturated heterocycles. The van der Waals surface area contributed by atoms with E-state index in [0.717, 1.165) is 24.6 Å². The molecule has 0 aliphatic rings. The molecule has 0 aliphatic carbocycles. The second-order valence-electron chi connectivity index (χ2n) is 4.37. The third-order valence-electron chi connectivity index (χ3n) is 2.81. The number of anilines is 3. The lowest BCUT2D eigenvalue weighted by atomic mass is 10.2. The van der Waals surface area contributed by atoms with Gasteiger partial charge in [0.15, 0.2) is 0 Å². The Labute approximate surface area is 129 Å². The number of benzene rings is 1. The summed E-state index contributed by atoms with van der Waals surface area (Å²) < 4.78 is 0. The smallest absolute Gasteiger partial charge is 0.136 e. The Morgan fingerprint density at radius 2 is 1.95 bits per heavy atom. The Morgan fingerprint density at radius 3 is 2.62 bits per heavy atom. The zero-order valence-corrected chi connectivity index (χ0v) is 12.7. The molecule has 0 radical (unpaired) electrons. The number of nitrogens with zero attached hydrogens (tertiary/aromatic N) is 3. The Hall–Kier alpha value is -2.32. The molecule has 0 aliphatic heterocycles. The largest absolute Gasteiger partial charge is 0.370 e. The molecule has 0 unspecified atom stereocenters. The number of hydrogen-bond donors (Lipinski definition) is 2. The van der Waals surface area contributed by atoms with Crippen molar-refractivity contribution in [3.8, 4) is 6.07 Å². The summed E-state index contributed by atoms with van der Waals surface area (Å²) >= 11 is 5.99. The molecule has 1 heterocycles.